The van der Waals surface area contributed by atoms with E-state index in [1.54, 1.807) is 0 Å². The fraction of sp³-hybridized carbons (Fsp3) is 0.591. The quantitative estimate of drug-likeness (QED) is 0.858. The van der Waals surface area contributed by atoms with Crippen LogP contribution < -0.4 is 0 Å². The minimum Gasteiger partial charge on any atom is -0.392 e. The Morgan fingerprint density at radius 1 is 1.10 bits per heavy atom. The van der Waals surface area contributed by atoms with Crippen LogP contribution in [-0.2, 0) is 24.4 Å². The summed E-state index contributed by atoms with van der Waals surface area (Å²) in [4.78, 5) is 17.1. The van der Waals surface area contributed by atoms with Gasteiger partial charge in [-0.15, -0.1) is 10.2 Å². The molecule has 154 valence electrons. The first kappa shape index (κ1) is 18.8. The molecular formula is C22H29N5O2. The van der Waals surface area contributed by atoms with Gasteiger partial charge in [-0.3, -0.25) is 9.69 Å². The topological polar surface area (TPSA) is 74.5 Å². The van der Waals surface area contributed by atoms with E-state index >= 15 is 0 Å². The maximum atomic E-state index is 12.8. The van der Waals surface area contributed by atoms with Crippen molar-refractivity contribution in [2.24, 2.45) is 5.92 Å². The number of likely N-dealkylation sites (tertiary alicyclic amines) is 1. The molecule has 7 heteroatoms. The Hall–Kier alpha value is -2.25. The molecule has 1 aromatic carbocycles. The van der Waals surface area contributed by atoms with Crippen LogP contribution in [-0.4, -0.2) is 54.8 Å². The molecule has 1 N–H and O–H groups in total. The Morgan fingerprint density at radius 2 is 1.90 bits per heavy atom. The number of carbonyl (C=O) groups excluding carboxylic acids is 1. The number of rotatable bonds is 4. The van der Waals surface area contributed by atoms with E-state index in [4.69, 9.17) is 0 Å². The number of aliphatic hydroxyl groups excluding tert-OH is 1. The summed E-state index contributed by atoms with van der Waals surface area (Å²) in [5, 5.41) is 19.3. The van der Waals surface area contributed by atoms with Crippen molar-refractivity contribution in [3.05, 3.63) is 47.5 Å². The molecule has 2 atom stereocenters. The molecule has 0 unspecified atom stereocenters. The lowest BCUT2D eigenvalue weighted by molar-refractivity contribution is -0.136. The van der Waals surface area contributed by atoms with Crippen molar-refractivity contribution in [2.45, 2.75) is 63.9 Å². The summed E-state index contributed by atoms with van der Waals surface area (Å²) >= 11 is 0. The predicted octanol–water partition coefficient (Wildman–Crippen LogP) is 2.12. The van der Waals surface area contributed by atoms with Gasteiger partial charge in [0.1, 0.15) is 0 Å². The predicted molar refractivity (Wildman–Crippen MR) is 108 cm³/mol. The molecule has 2 aliphatic heterocycles. The smallest absolute Gasteiger partial charge is 0.226 e. The van der Waals surface area contributed by atoms with Gasteiger partial charge in [0, 0.05) is 32.1 Å². The van der Waals surface area contributed by atoms with E-state index in [0.717, 1.165) is 44.1 Å². The Kier molecular flexibility index (Phi) is 5.09. The number of aromatic nitrogens is 3. The zero-order valence-corrected chi connectivity index (χ0v) is 16.8. The van der Waals surface area contributed by atoms with Crippen LogP contribution in [0.5, 0.6) is 0 Å². The maximum Gasteiger partial charge on any atom is 0.226 e. The largest absolute Gasteiger partial charge is 0.392 e. The van der Waals surface area contributed by atoms with Gasteiger partial charge in [-0.2, -0.15) is 0 Å². The summed E-state index contributed by atoms with van der Waals surface area (Å²) < 4.78 is 2.18. The van der Waals surface area contributed by atoms with Gasteiger partial charge in [0.2, 0.25) is 5.91 Å². The third-order valence-electron chi connectivity index (χ3n) is 6.71. The highest BCUT2D eigenvalue weighted by Crippen LogP contribution is 2.34. The Balaban J connectivity index is 1.33. The lowest BCUT2D eigenvalue weighted by Crippen LogP contribution is -2.41. The lowest BCUT2D eigenvalue weighted by Gasteiger charge is -2.31. The molecule has 1 aromatic heterocycles. The highest BCUT2D eigenvalue weighted by molar-refractivity contribution is 5.79. The standard InChI is InChI=1S/C22H29N5O2/c28-18-12-19(26(14-18)13-16-6-2-1-3-7-16)21-24-23-20-15-25(10-11-27(20)21)22(29)17-8-4-5-9-17/h1-3,6-7,17-19,28H,4-5,8-15H2/t18-,19-/m0/s1. The number of fused-ring (bicyclic) bond motifs is 1. The monoisotopic (exact) mass is 395 g/mol. The molecule has 1 saturated carbocycles. The van der Waals surface area contributed by atoms with Crippen LogP contribution in [0.25, 0.3) is 0 Å². The highest BCUT2D eigenvalue weighted by atomic mass is 16.3. The molecule has 29 heavy (non-hydrogen) atoms. The van der Waals surface area contributed by atoms with Gasteiger partial charge < -0.3 is 14.6 Å². The van der Waals surface area contributed by atoms with Crippen molar-refractivity contribution in [2.75, 3.05) is 13.1 Å². The zero-order valence-electron chi connectivity index (χ0n) is 16.8. The third-order valence-corrected chi connectivity index (χ3v) is 6.71. The normalized spacial score (nSPS) is 25.5. The average Bonchev–Trinajstić information content (AvgIpc) is 3.47. The molecule has 1 saturated heterocycles. The molecule has 7 nitrogen and oxygen atoms in total. The fourth-order valence-electron chi connectivity index (χ4n) is 5.19. The van der Waals surface area contributed by atoms with Gasteiger partial charge in [-0.05, 0) is 24.8 Å². The first-order valence-electron chi connectivity index (χ1n) is 10.9. The van der Waals surface area contributed by atoms with E-state index in [1.807, 2.05) is 23.1 Å². The molecule has 3 heterocycles. The van der Waals surface area contributed by atoms with Crippen LogP contribution in [0.4, 0.5) is 0 Å². The van der Waals surface area contributed by atoms with E-state index in [9.17, 15) is 9.90 Å². The third kappa shape index (κ3) is 3.69. The summed E-state index contributed by atoms with van der Waals surface area (Å²) in [5.74, 6) is 2.30. The Bertz CT molecular complexity index is 861. The van der Waals surface area contributed by atoms with Crippen LogP contribution in [0.3, 0.4) is 0 Å². The Morgan fingerprint density at radius 3 is 2.69 bits per heavy atom. The van der Waals surface area contributed by atoms with E-state index in [2.05, 4.69) is 31.8 Å². The molecule has 5 rings (SSSR count). The van der Waals surface area contributed by atoms with Gasteiger partial charge in [0.05, 0.1) is 18.7 Å². The van der Waals surface area contributed by atoms with Gasteiger partial charge >= 0.3 is 0 Å². The van der Waals surface area contributed by atoms with Gasteiger partial charge in [0.15, 0.2) is 11.6 Å². The Labute approximate surface area is 171 Å². The minimum absolute atomic E-state index is 0.0588. The van der Waals surface area contributed by atoms with E-state index in [-0.39, 0.29) is 18.1 Å². The van der Waals surface area contributed by atoms with Crippen LogP contribution in [0, 0.1) is 5.92 Å². The molecule has 0 spiro atoms. The van der Waals surface area contributed by atoms with Crippen molar-refractivity contribution in [3.63, 3.8) is 0 Å². The molecule has 0 bridgehead atoms. The molecule has 3 aliphatic rings. The van der Waals surface area contributed by atoms with Crippen LogP contribution >= 0.6 is 0 Å². The van der Waals surface area contributed by atoms with Crippen molar-refractivity contribution in [1.82, 2.24) is 24.6 Å². The SMILES string of the molecule is O=C(C1CCCC1)N1CCn2c(nnc2[C@@H]2C[C@H](O)CN2Cc2ccccc2)C1. The summed E-state index contributed by atoms with van der Waals surface area (Å²) in [7, 11) is 0. The summed E-state index contributed by atoms with van der Waals surface area (Å²) in [6.07, 6.45) is 4.73. The van der Waals surface area contributed by atoms with Crippen molar-refractivity contribution < 1.29 is 9.90 Å². The highest BCUT2D eigenvalue weighted by Gasteiger charge is 2.37. The number of aliphatic hydroxyl groups is 1. The molecule has 1 amide bonds. The van der Waals surface area contributed by atoms with E-state index in [0.29, 0.717) is 25.4 Å². The summed E-state index contributed by atoms with van der Waals surface area (Å²) in [5.41, 5.74) is 1.23. The van der Waals surface area contributed by atoms with Gasteiger partial charge in [-0.25, -0.2) is 0 Å². The average molecular weight is 396 g/mol. The number of β-amino-alcohol motifs (C(OH)–C–C–N with tert-alkyl or cyclic N) is 1. The second kappa shape index (κ2) is 7.88. The number of hydrogen-bond donors (Lipinski definition) is 1. The first-order valence-corrected chi connectivity index (χ1v) is 10.9. The molecule has 1 aliphatic carbocycles. The molecule has 0 radical (unpaired) electrons. The second-order valence-electron chi connectivity index (χ2n) is 8.69. The number of nitrogens with zero attached hydrogens (tertiary/aromatic N) is 5. The number of carbonyl (C=O) groups is 1. The molecule has 2 aromatic rings. The summed E-state index contributed by atoms with van der Waals surface area (Å²) in [6.45, 7) is 3.45. The van der Waals surface area contributed by atoms with Gasteiger partial charge in [0.25, 0.3) is 0 Å². The number of hydrogen-bond acceptors (Lipinski definition) is 5. The van der Waals surface area contributed by atoms with Crippen LogP contribution in [0.15, 0.2) is 30.3 Å². The van der Waals surface area contributed by atoms with Crippen LogP contribution in [0.1, 0.15) is 55.4 Å². The lowest BCUT2D eigenvalue weighted by atomic mass is 10.1. The molecule has 2 fully saturated rings. The van der Waals surface area contributed by atoms with Crippen molar-refractivity contribution >= 4 is 5.91 Å². The fourth-order valence-corrected chi connectivity index (χ4v) is 5.19. The number of benzene rings is 1. The number of amides is 1. The minimum atomic E-state index is -0.347. The summed E-state index contributed by atoms with van der Waals surface area (Å²) in [6, 6.07) is 10.4. The first-order chi connectivity index (χ1) is 14.2. The van der Waals surface area contributed by atoms with E-state index in [1.165, 1.54) is 18.4 Å². The zero-order chi connectivity index (χ0) is 19.8. The molecular weight excluding hydrogens is 366 g/mol. The van der Waals surface area contributed by atoms with Crippen molar-refractivity contribution in [3.8, 4) is 0 Å². The van der Waals surface area contributed by atoms with Crippen molar-refractivity contribution in [1.29, 1.82) is 0 Å². The maximum absolute atomic E-state index is 12.8. The van der Waals surface area contributed by atoms with E-state index < -0.39 is 0 Å². The van der Waals surface area contributed by atoms with Gasteiger partial charge in [-0.1, -0.05) is 43.2 Å². The van der Waals surface area contributed by atoms with Crippen LogP contribution in [0.2, 0.25) is 0 Å². The second-order valence-corrected chi connectivity index (χ2v) is 8.69.